The Morgan fingerprint density at radius 3 is 2.65 bits per heavy atom. The van der Waals surface area contributed by atoms with E-state index in [2.05, 4.69) is 10.1 Å². The van der Waals surface area contributed by atoms with E-state index in [1.807, 2.05) is 5.43 Å². The molecule has 20 heavy (non-hydrogen) atoms. The summed E-state index contributed by atoms with van der Waals surface area (Å²) in [7, 11) is 0. The molecule has 2 rings (SSSR count). The number of rotatable bonds is 1. The van der Waals surface area contributed by atoms with Gasteiger partial charge in [0.25, 0.3) is 0 Å². The molecular weight excluding hydrogens is 275 g/mol. The summed E-state index contributed by atoms with van der Waals surface area (Å²) in [4.78, 5) is 3.73. The fourth-order valence-corrected chi connectivity index (χ4v) is 1.56. The Balaban J connectivity index is 2.52. The molecule has 0 atom stereocenters. The van der Waals surface area contributed by atoms with Gasteiger partial charge < -0.3 is 10.8 Å². The first-order valence-corrected chi connectivity index (χ1v) is 5.38. The summed E-state index contributed by atoms with van der Waals surface area (Å²) < 4.78 is 38.1. The number of halogens is 3. The molecule has 0 radical (unpaired) electrons. The Morgan fingerprint density at radius 1 is 1.40 bits per heavy atom. The van der Waals surface area contributed by atoms with Crippen LogP contribution >= 0.6 is 0 Å². The van der Waals surface area contributed by atoms with E-state index >= 15 is 0 Å². The van der Waals surface area contributed by atoms with E-state index in [-0.39, 0.29) is 17.1 Å². The maximum Gasteiger partial charge on any atom is 0.437 e. The third-order valence-corrected chi connectivity index (χ3v) is 2.59. The van der Waals surface area contributed by atoms with Crippen molar-refractivity contribution in [2.75, 3.05) is 5.73 Å². The van der Waals surface area contributed by atoms with Gasteiger partial charge in [0.15, 0.2) is 11.5 Å². The van der Waals surface area contributed by atoms with Gasteiger partial charge in [-0.15, -0.1) is 0 Å². The average Bonchev–Trinajstić information content (AvgIpc) is 2.67. The van der Waals surface area contributed by atoms with E-state index in [0.29, 0.717) is 5.56 Å². The number of hydrazone groups is 1. The molecule has 0 aliphatic carbocycles. The van der Waals surface area contributed by atoms with Gasteiger partial charge in [-0.3, -0.25) is 10.8 Å². The van der Waals surface area contributed by atoms with Gasteiger partial charge in [-0.05, 0) is 18.6 Å². The number of phenolic OH excluding ortho intramolecular Hbond substituents is 1. The number of nitrogens with zero attached hydrogens (tertiary/aromatic N) is 2. The molecule has 0 spiro atoms. The van der Waals surface area contributed by atoms with Crippen molar-refractivity contribution in [2.24, 2.45) is 10.1 Å². The molecule has 1 aliphatic heterocycles. The van der Waals surface area contributed by atoms with Crippen molar-refractivity contribution in [1.29, 1.82) is 5.41 Å². The third-order valence-electron chi connectivity index (χ3n) is 2.59. The zero-order valence-corrected chi connectivity index (χ0v) is 10.2. The lowest BCUT2D eigenvalue weighted by Gasteiger charge is -2.08. The first-order chi connectivity index (χ1) is 9.20. The number of nitrogens with two attached hydrogens (primary N) is 1. The summed E-state index contributed by atoms with van der Waals surface area (Å²) in [5, 5.41) is 19.8. The number of nitrogen functional groups attached to an aromatic ring is 1. The number of amidine groups is 1. The van der Waals surface area contributed by atoms with Crippen LogP contribution in [0.25, 0.3) is 0 Å². The zero-order chi connectivity index (χ0) is 15.1. The van der Waals surface area contributed by atoms with Crippen LogP contribution in [0.1, 0.15) is 5.56 Å². The summed E-state index contributed by atoms with van der Waals surface area (Å²) in [5.74, 6) is -0.654. The maximum absolute atomic E-state index is 12.7. The van der Waals surface area contributed by atoms with E-state index in [1.165, 1.54) is 12.1 Å². The van der Waals surface area contributed by atoms with Crippen LogP contribution in [0, 0.1) is 12.3 Å². The highest BCUT2D eigenvalue weighted by Crippen LogP contribution is 2.31. The van der Waals surface area contributed by atoms with E-state index < -0.39 is 23.4 Å². The van der Waals surface area contributed by atoms with Crippen LogP contribution in [-0.2, 0) is 0 Å². The van der Waals surface area contributed by atoms with Crippen molar-refractivity contribution >= 4 is 28.6 Å². The normalized spacial score (nSPS) is 17.3. The number of benzene rings is 1. The Labute approximate surface area is 111 Å². The minimum absolute atomic E-state index is 0.00169. The molecule has 0 saturated carbocycles. The molecule has 9 heteroatoms. The topological polar surface area (TPSA) is 107 Å². The van der Waals surface area contributed by atoms with Crippen LogP contribution in [0.4, 0.5) is 24.5 Å². The lowest BCUT2D eigenvalue weighted by molar-refractivity contribution is -0.0566. The number of hydrogen-bond donors (Lipinski definition) is 4. The number of hydrogen-bond acceptors (Lipinski definition) is 5. The Kier molecular flexibility index (Phi) is 3.12. The average molecular weight is 285 g/mol. The van der Waals surface area contributed by atoms with Gasteiger partial charge in [-0.2, -0.15) is 18.3 Å². The van der Waals surface area contributed by atoms with Crippen LogP contribution in [0.5, 0.6) is 5.75 Å². The number of anilines is 1. The molecule has 1 aliphatic rings. The van der Waals surface area contributed by atoms with Gasteiger partial charge >= 0.3 is 6.18 Å². The molecule has 0 unspecified atom stereocenters. The molecule has 0 saturated heterocycles. The summed E-state index contributed by atoms with van der Waals surface area (Å²) in [6.07, 6.45) is -4.73. The molecule has 1 heterocycles. The van der Waals surface area contributed by atoms with E-state index in [0.717, 1.165) is 0 Å². The van der Waals surface area contributed by atoms with Crippen molar-refractivity contribution < 1.29 is 18.3 Å². The van der Waals surface area contributed by atoms with E-state index in [4.69, 9.17) is 11.1 Å². The van der Waals surface area contributed by atoms with Gasteiger partial charge in [0.05, 0.1) is 11.4 Å². The van der Waals surface area contributed by atoms with Crippen molar-refractivity contribution in [2.45, 2.75) is 13.1 Å². The molecule has 1 aromatic carbocycles. The molecule has 0 aromatic heterocycles. The summed E-state index contributed by atoms with van der Waals surface area (Å²) in [6.45, 7) is 1.55. The quantitative estimate of drug-likeness (QED) is 0.591. The summed E-state index contributed by atoms with van der Waals surface area (Å²) >= 11 is 0. The predicted molar refractivity (Wildman–Crippen MR) is 68.7 cm³/mol. The second-order valence-corrected chi connectivity index (χ2v) is 4.10. The van der Waals surface area contributed by atoms with Gasteiger partial charge in [0.1, 0.15) is 11.5 Å². The number of alkyl halides is 3. The fraction of sp³-hybridized carbons (Fsp3) is 0.182. The van der Waals surface area contributed by atoms with Gasteiger partial charge in [-0.1, -0.05) is 0 Å². The molecular formula is C11H10F3N5O. The number of aromatic hydroxyl groups is 1. The van der Waals surface area contributed by atoms with Crippen LogP contribution in [0.3, 0.4) is 0 Å². The summed E-state index contributed by atoms with van der Waals surface area (Å²) in [5.41, 5.74) is 6.02. The van der Waals surface area contributed by atoms with Crippen LogP contribution in [0.2, 0.25) is 0 Å². The van der Waals surface area contributed by atoms with Gasteiger partial charge in [0, 0.05) is 6.07 Å². The minimum Gasteiger partial charge on any atom is -0.508 e. The second-order valence-electron chi connectivity index (χ2n) is 4.10. The SMILES string of the molecule is Cc1cc(N=C2C(=N)NN=C2C(F)(F)F)c(N)cc1O. The van der Waals surface area contributed by atoms with Crippen LogP contribution in [0.15, 0.2) is 22.2 Å². The Bertz CT molecular complexity index is 648. The highest BCUT2D eigenvalue weighted by molar-refractivity contribution is 6.70. The number of phenols is 1. The number of aryl methyl sites for hydroxylation is 1. The van der Waals surface area contributed by atoms with Crippen LogP contribution in [-0.4, -0.2) is 28.5 Å². The molecule has 0 amide bonds. The number of nitrogens with one attached hydrogen (secondary N) is 2. The third kappa shape index (κ3) is 2.42. The molecule has 106 valence electrons. The highest BCUT2D eigenvalue weighted by atomic mass is 19.4. The molecule has 1 aromatic rings. The van der Waals surface area contributed by atoms with Crippen molar-refractivity contribution in [3.05, 3.63) is 17.7 Å². The minimum atomic E-state index is -4.73. The Hall–Kier alpha value is -2.58. The standard InChI is InChI=1S/C11H10F3N5O/c1-4-2-6(5(15)3-7(4)20)17-8-9(11(12,13)14)18-19-10(8)16/h2-3,20H,15H2,1H3,(H2,16,17,19). The van der Waals surface area contributed by atoms with Crippen molar-refractivity contribution in [3.8, 4) is 5.75 Å². The lowest BCUT2D eigenvalue weighted by Crippen LogP contribution is -2.32. The van der Waals surface area contributed by atoms with Gasteiger partial charge in [0.2, 0.25) is 0 Å². The van der Waals surface area contributed by atoms with E-state index in [9.17, 15) is 18.3 Å². The highest BCUT2D eigenvalue weighted by Gasteiger charge is 2.43. The largest absolute Gasteiger partial charge is 0.508 e. The molecule has 6 nitrogen and oxygen atoms in total. The monoisotopic (exact) mass is 285 g/mol. The predicted octanol–water partition coefficient (Wildman–Crippen LogP) is 1.85. The lowest BCUT2D eigenvalue weighted by atomic mass is 10.1. The number of aliphatic imine (C=N–C) groups is 1. The molecule has 0 fully saturated rings. The fourth-order valence-electron chi connectivity index (χ4n) is 1.56. The smallest absolute Gasteiger partial charge is 0.437 e. The molecule has 0 bridgehead atoms. The first kappa shape index (κ1) is 13.8. The van der Waals surface area contributed by atoms with Crippen LogP contribution < -0.4 is 11.2 Å². The zero-order valence-electron chi connectivity index (χ0n) is 10.2. The molecule has 5 N–H and O–H groups in total. The second kappa shape index (κ2) is 4.51. The van der Waals surface area contributed by atoms with Crippen molar-refractivity contribution in [1.82, 2.24) is 5.43 Å². The first-order valence-electron chi connectivity index (χ1n) is 5.38. The van der Waals surface area contributed by atoms with Crippen molar-refractivity contribution in [3.63, 3.8) is 0 Å². The van der Waals surface area contributed by atoms with Gasteiger partial charge in [-0.25, -0.2) is 4.99 Å². The van der Waals surface area contributed by atoms with E-state index in [1.54, 1.807) is 6.92 Å². The Morgan fingerprint density at radius 2 is 2.05 bits per heavy atom. The summed E-state index contributed by atoms with van der Waals surface area (Å²) in [6, 6.07) is 2.52. The maximum atomic E-state index is 12.7.